The molecule has 0 atom stereocenters. The molecule has 0 radical (unpaired) electrons. The third-order valence-corrected chi connectivity index (χ3v) is 3.91. The summed E-state index contributed by atoms with van der Waals surface area (Å²) in [7, 11) is -1.15. The summed E-state index contributed by atoms with van der Waals surface area (Å²) in [5, 5.41) is 3.01. The maximum Gasteiger partial charge on any atom is 0.211 e. The normalized spacial score (nSPS) is 11.9. The molecule has 0 aromatic rings. The predicted octanol–water partition coefficient (Wildman–Crippen LogP) is 1.49. The first kappa shape index (κ1) is 15.9. The Hall–Kier alpha value is -0.130. The molecule has 0 rings (SSSR count). The summed E-state index contributed by atoms with van der Waals surface area (Å²) < 4.78 is 25.6. The minimum Gasteiger partial charge on any atom is -0.320 e. The third-order valence-electron chi connectivity index (χ3n) is 2.44. The van der Waals surface area contributed by atoms with Crippen LogP contribution in [-0.4, -0.2) is 34.3 Å². The SMILES string of the molecule is CCCCCCNS(=O)(=O)CCCCNC. The van der Waals surface area contributed by atoms with Crippen LogP contribution in [0.1, 0.15) is 45.4 Å². The van der Waals surface area contributed by atoms with Crippen LogP contribution in [0.25, 0.3) is 0 Å². The summed E-state index contributed by atoms with van der Waals surface area (Å²) in [5.74, 6) is 0.252. The van der Waals surface area contributed by atoms with Gasteiger partial charge in [0.25, 0.3) is 0 Å². The van der Waals surface area contributed by atoms with Crippen molar-refractivity contribution in [2.75, 3.05) is 25.9 Å². The topological polar surface area (TPSA) is 58.2 Å². The Morgan fingerprint density at radius 3 is 2.25 bits per heavy atom. The van der Waals surface area contributed by atoms with Crippen molar-refractivity contribution in [3.63, 3.8) is 0 Å². The van der Waals surface area contributed by atoms with Gasteiger partial charge in [-0.3, -0.25) is 0 Å². The van der Waals surface area contributed by atoms with E-state index in [1.807, 2.05) is 7.05 Å². The van der Waals surface area contributed by atoms with Gasteiger partial charge in [-0.2, -0.15) is 0 Å². The second kappa shape index (κ2) is 10.1. The van der Waals surface area contributed by atoms with E-state index in [4.69, 9.17) is 0 Å². The van der Waals surface area contributed by atoms with Crippen molar-refractivity contribution in [3.05, 3.63) is 0 Å². The highest BCUT2D eigenvalue weighted by Gasteiger charge is 2.07. The summed E-state index contributed by atoms with van der Waals surface area (Å²) in [6.07, 6.45) is 6.06. The summed E-state index contributed by atoms with van der Waals surface area (Å²) in [6, 6.07) is 0. The molecule has 4 nitrogen and oxygen atoms in total. The molecule has 0 aromatic carbocycles. The van der Waals surface area contributed by atoms with E-state index < -0.39 is 10.0 Å². The molecule has 0 aromatic heterocycles. The maximum atomic E-state index is 11.5. The average molecular weight is 250 g/mol. The number of hydrogen-bond acceptors (Lipinski definition) is 3. The van der Waals surface area contributed by atoms with Gasteiger partial charge in [0.1, 0.15) is 0 Å². The van der Waals surface area contributed by atoms with E-state index in [2.05, 4.69) is 17.0 Å². The van der Waals surface area contributed by atoms with Gasteiger partial charge in [-0.1, -0.05) is 26.2 Å². The van der Waals surface area contributed by atoms with Gasteiger partial charge in [-0.15, -0.1) is 0 Å². The maximum absolute atomic E-state index is 11.5. The van der Waals surface area contributed by atoms with Crippen LogP contribution in [0.3, 0.4) is 0 Å². The molecular formula is C11H26N2O2S. The van der Waals surface area contributed by atoms with Crippen LogP contribution in [0.5, 0.6) is 0 Å². The quantitative estimate of drug-likeness (QED) is 0.546. The van der Waals surface area contributed by atoms with E-state index in [9.17, 15) is 8.42 Å². The second-order valence-corrected chi connectivity index (χ2v) is 6.01. The van der Waals surface area contributed by atoms with Crippen molar-refractivity contribution in [3.8, 4) is 0 Å². The standard InChI is InChI=1S/C11H26N2O2S/c1-3-4-5-6-10-13-16(14,15)11-8-7-9-12-2/h12-13H,3-11H2,1-2H3. The highest BCUT2D eigenvalue weighted by Crippen LogP contribution is 1.99. The Morgan fingerprint density at radius 2 is 1.62 bits per heavy atom. The number of unbranched alkanes of at least 4 members (excludes halogenated alkanes) is 4. The van der Waals surface area contributed by atoms with Gasteiger partial charge in [0.05, 0.1) is 5.75 Å². The molecule has 0 amide bonds. The zero-order chi connectivity index (χ0) is 12.3. The van der Waals surface area contributed by atoms with Crippen LogP contribution in [-0.2, 0) is 10.0 Å². The fraction of sp³-hybridized carbons (Fsp3) is 1.00. The Bertz CT molecular complexity index is 240. The molecule has 0 fully saturated rings. The lowest BCUT2D eigenvalue weighted by atomic mass is 10.2. The molecule has 0 aliphatic rings. The number of nitrogens with one attached hydrogen (secondary N) is 2. The van der Waals surface area contributed by atoms with E-state index >= 15 is 0 Å². The first-order chi connectivity index (χ1) is 7.62. The molecule has 0 aliphatic carbocycles. The Balaban J connectivity index is 3.47. The predicted molar refractivity (Wildman–Crippen MR) is 69.1 cm³/mol. The molecule has 2 N–H and O–H groups in total. The molecule has 0 heterocycles. The van der Waals surface area contributed by atoms with Crippen molar-refractivity contribution >= 4 is 10.0 Å². The lowest BCUT2D eigenvalue weighted by Gasteiger charge is -2.06. The number of rotatable bonds is 11. The van der Waals surface area contributed by atoms with Crippen LogP contribution in [0, 0.1) is 0 Å². The molecule has 5 heteroatoms. The molecule has 0 saturated carbocycles. The van der Waals surface area contributed by atoms with Gasteiger partial charge >= 0.3 is 0 Å². The molecule has 0 saturated heterocycles. The summed E-state index contributed by atoms with van der Waals surface area (Å²) in [4.78, 5) is 0. The average Bonchev–Trinajstić information content (AvgIpc) is 2.24. The summed E-state index contributed by atoms with van der Waals surface area (Å²) in [6.45, 7) is 3.62. The van der Waals surface area contributed by atoms with E-state index in [-0.39, 0.29) is 5.75 Å². The number of hydrogen-bond donors (Lipinski definition) is 2. The number of sulfonamides is 1. The third kappa shape index (κ3) is 10.4. The molecule has 0 spiro atoms. The largest absolute Gasteiger partial charge is 0.320 e. The van der Waals surface area contributed by atoms with Crippen molar-refractivity contribution in [2.45, 2.75) is 45.4 Å². The van der Waals surface area contributed by atoms with Gasteiger partial charge in [0, 0.05) is 6.54 Å². The highest BCUT2D eigenvalue weighted by atomic mass is 32.2. The van der Waals surface area contributed by atoms with Crippen molar-refractivity contribution in [2.24, 2.45) is 0 Å². The summed E-state index contributed by atoms with van der Waals surface area (Å²) >= 11 is 0. The van der Waals surface area contributed by atoms with Gasteiger partial charge in [0.2, 0.25) is 10.0 Å². The lowest BCUT2D eigenvalue weighted by molar-refractivity contribution is 0.568. The Labute approximate surface area is 100 Å². The fourth-order valence-electron chi connectivity index (χ4n) is 1.45. The van der Waals surface area contributed by atoms with Crippen LogP contribution in [0.2, 0.25) is 0 Å². The molecule has 16 heavy (non-hydrogen) atoms. The van der Waals surface area contributed by atoms with Crippen LogP contribution < -0.4 is 10.0 Å². The van der Waals surface area contributed by atoms with Gasteiger partial charge in [-0.05, 0) is 32.9 Å². The lowest BCUT2D eigenvalue weighted by Crippen LogP contribution is -2.27. The Kier molecular flexibility index (Phi) is 9.97. The molecule has 0 bridgehead atoms. The molecular weight excluding hydrogens is 224 g/mol. The van der Waals surface area contributed by atoms with Crippen molar-refractivity contribution < 1.29 is 8.42 Å². The minimum absolute atomic E-state index is 0.252. The van der Waals surface area contributed by atoms with Gasteiger partial charge in [-0.25, -0.2) is 13.1 Å². The fourth-order valence-corrected chi connectivity index (χ4v) is 2.63. The van der Waals surface area contributed by atoms with E-state index in [1.54, 1.807) is 0 Å². The monoisotopic (exact) mass is 250 g/mol. The van der Waals surface area contributed by atoms with E-state index in [0.717, 1.165) is 32.2 Å². The molecule has 0 unspecified atom stereocenters. The molecule has 0 aliphatic heterocycles. The zero-order valence-corrected chi connectivity index (χ0v) is 11.4. The minimum atomic E-state index is -3.03. The van der Waals surface area contributed by atoms with Crippen LogP contribution >= 0.6 is 0 Å². The van der Waals surface area contributed by atoms with Crippen LogP contribution in [0.4, 0.5) is 0 Å². The highest BCUT2D eigenvalue weighted by molar-refractivity contribution is 7.89. The second-order valence-electron chi connectivity index (χ2n) is 4.08. The van der Waals surface area contributed by atoms with Crippen molar-refractivity contribution in [1.29, 1.82) is 0 Å². The molecule has 98 valence electrons. The zero-order valence-electron chi connectivity index (χ0n) is 10.6. The van der Waals surface area contributed by atoms with Crippen molar-refractivity contribution in [1.82, 2.24) is 10.0 Å². The van der Waals surface area contributed by atoms with Crippen LogP contribution in [0.15, 0.2) is 0 Å². The smallest absolute Gasteiger partial charge is 0.211 e. The van der Waals surface area contributed by atoms with Gasteiger partial charge in [0.15, 0.2) is 0 Å². The van der Waals surface area contributed by atoms with E-state index in [1.165, 1.54) is 12.8 Å². The van der Waals surface area contributed by atoms with Gasteiger partial charge < -0.3 is 5.32 Å². The van der Waals surface area contributed by atoms with E-state index in [0.29, 0.717) is 6.54 Å². The Morgan fingerprint density at radius 1 is 0.938 bits per heavy atom. The summed E-state index contributed by atoms with van der Waals surface area (Å²) in [5.41, 5.74) is 0. The first-order valence-electron chi connectivity index (χ1n) is 6.24. The first-order valence-corrected chi connectivity index (χ1v) is 7.89.